The summed E-state index contributed by atoms with van der Waals surface area (Å²) >= 11 is 0. The molecule has 186 valence electrons. The van der Waals surface area contributed by atoms with Crippen LogP contribution in [-0.2, 0) is 25.7 Å². The minimum absolute atomic E-state index is 0.0578. The van der Waals surface area contributed by atoms with Crippen molar-refractivity contribution < 1.29 is 24.2 Å². The zero-order valence-corrected chi connectivity index (χ0v) is 20.5. The summed E-state index contributed by atoms with van der Waals surface area (Å²) in [6.45, 7) is 9.53. The number of ketones is 2. The molecule has 1 amide bonds. The molecule has 0 radical (unpaired) electrons. The second kappa shape index (κ2) is 14.2. The third-order valence-corrected chi connectivity index (χ3v) is 5.69. The van der Waals surface area contributed by atoms with E-state index in [1.807, 2.05) is 24.3 Å². The Morgan fingerprint density at radius 3 is 2.09 bits per heavy atom. The summed E-state index contributed by atoms with van der Waals surface area (Å²) < 4.78 is 5.85. The van der Waals surface area contributed by atoms with Crippen LogP contribution in [0.25, 0.3) is 0 Å². The highest BCUT2D eigenvalue weighted by atomic mass is 16.5. The Morgan fingerprint density at radius 1 is 1.03 bits per heavy atom. The third-order valence-electron chi connectivity index (χ3n) is 5.69. The molecule has 0 heterocycles. The molecule has 1 unspecified atom stereocenters. The largest absolute Gasteiger partial charge is 0.393 e. The topological polar surface area (TPSA) is 145 Å². The van der Waals surface area contributed by atoms with E-state index in [1.54, 1.807) is 13.8 Å². The predicted octanol–water partition coefficient (Wildman–Crippen LogP) is 1.67. The summed E-state index contributed by atoms with van der Waals surface area (Å²) in [5, 5.41) is 12.7. The van der Waals surface area contributed by atoms with Crippen LogP contribution in [0.2, 0.25) is 0 Å². The number of Topliss-reactive ketones (excluding diaryl/α,β-unsaturated/α-hetero) is 2. The molecular formula is C25H41N3O5. The van der Waals surface area contributed by atoms with Gasteiger partial charge in [0, 0.05) is 18.9 Å². The Balaban J connectivity index is 2.83. The zero-order valence-electron chi connectivity index (χ0n) is 20.5. The van der Waals surface area contributed by atoms with Gasteiger partial charge in [0.15, 0.2) is 11.6 Å². The average molecular weight is 464 g/mol. The van der Waals surface area contributed by atoms with Gasteiger partial charge in [-0.2, -0.15) is 0 Å². The van der Waals surface area contributed by atoms with Gasteiger partial charge in [0.25, 0.3) is 0 Å². The first-order valence-electron chi connectivity index (χ1n) is 11.7. The maximum atomic E-state index is 13.0. The number of hydrogen-bond acceptors (Lipinski definition) is 7. The van der Waals surface area contributed by atoms with Crippen LogP contribution in [0.5, 0.6) is 0 Å². The average Bonchev–Trinajstić information content (AvgIpc) is 2.77. The van der Waals surface area contributed by atoms with Gasteiger partial charge in [0.1, 0.15) is 6.10 Å². The van der Waals surface area contributed by atoms with E-state index >= 15 is 0 Å². The van der Waals surface area contributed by atoms with Crippen LogP contribution in [0, 0.1) is 11.8 Å². The normalized spacial score (nSPS) is 15.2. The quantitative estimate of drug-likeness (QED) is 0.309. The number of aliphatic hydroxyl groups is 1. The second-order valence-corrected chi connectivity index (χ2v) is 9.14. The van der Waals surface area contributed by atoms with Crippen molar-refractivity contribution >= 4 is 17.5 Å². The molecule has 1 rings (SSSR count). The molecule has 0 aliphatic rings. The van der Waals surface area contributed by atoms with Crippen LogP contribution in [0.1, 0.15) is 64.5 Å². The van der Waals surface area contributed by atoms with Gasteiger partial charge >= 0.3 is 0 Å². The van der Waals surface area contributed by atoms with Gasteiger partial charge in [0.2, 0.25) is 5.91 Å². The van der Waals surface area contributed by atoms with Crippen molar-refractivity contribution in [2.75, 3.05) is 13.1 Å². The molecule has 0 fully saturated rings. The maximum absolute atomic E-state index is 13.0. The third kappa shape index (κ3) is 9.33. The molecular weight excluding hydrogens is 422 g/mol. The van der Waals surface area contributed by atoms with E-state index in [2.05, 4.69) is 19.2 Å². The first-order chi connectivity index (χ1) is 15.5. The number of aliphatic hydroxyl groups excluding tert-OH is 1. The van der Waals surface area contributed by atoms with E-state index in [0.29, 0.717) is 12.3 Å². The van der Waals surface area contributed by atoms with E-state index in [0.717, 1.165) is 5.56 Å². The van der Waals surface area contributed by atoms with Crippen molar-refractivity contribution in [2.45, 2.75) is 78.2 Å². The van der Waals surface area contributed by atoms with Crippen molar-refractivity contribution in [3.8, 4) is 0 Å². The monoisotopic (exact) mass is 463 g/mol. The molecule has 0 saturated heterocycles. The van der Waals surface area contributed by atoms with E-state index in [-0.39, 0.29) is 43.6 Å². The van der Waals surface area contributed by atoms with E-state index in [9.17, 15) is 19.5 Å². The Kier molecular flexibility index (Phi) is 12.4. The molecule has 6 N–H and O–H groups in total. The fourth-order valence-electron chi connectivity index (χ4n) is 3.44. The summed E-state index contributed by atoms with van der Waals surface area (Å²) in [5.74, 6) is -2.01. The molecule has 0 aromatic heterocycles. The molecule has 8 nitrogen and oxygen atoms in total. The molecule has 0 spiro atoms. The summed E-state index contributed by atoms with van der Waals surface area (Å²) in [7, 11) is 0. The molecule has 8 heteroatoms. The second-order valence-electron chi connectivity index (χ2n) is 9.14. The number of carbonyl (C=O) groups excluding carboxylic acids is 3. The van der Waals surface area contributed by atoms with Crippen LogP contribution in [0.4, 0.5) is 0 Å². The van der Waals surface area contributed by atoms with Crippen molar-refractivity contribution in [1.82, 2.24) is 5.32 Å². The minimum atomic E-state index is -1.09. The SMILES string of the molecule is CC(C)C(=O)[C@H](CN)NC(=O)[C@@H](CC(=O)[C@H](CCN)OCc1ccc(C(C)C)cc1)C(C)O. The standard InChI is InChI=1S/C25H41N3O5/c1-15(2)19-8-6-18(7-9-19)14-33-23(10-11-26)22(30)12-20(17(5)29)25(32)28-21(13-27)24(31)16(3)4/h6-9,15-17,20-21,23,29H,10-14,26-27H2,1-5H3,(H,28,32)/t17?,20-,21-,23-/m0/s1. The number of benzene rings is 1. The Labute approximate surface area is 197 Å². The van der Waals surface area contributed by atoms with Crippen molar-refractivity contribution in [2.24, 2.45) is 23.3 Å². The summed E-state index contributed by atoms with van der Waals surface area (Å²) in [6, 6.07) is 7.12. The fourth-order valence-corrected chi connectivity index (χ4v) is 3.44. The van der Waals surface area contributed by atoms with Gasteiger partial charge < -0.3 is 26.6 Å². The van der Waals surface area contributed by atoms with Crippen LogP contribution in [0.15, 0.2) is 24.3 Å². The van der Waals surface area contributed by atoms with Gasteiger partial charge in [-0.25, -0.2) is 0 Å². The van der Waals surface area contributed by atoms with Gasteiger partial charge in [-0.05, 0) is 36.9 Å². The minimum Gasteiger partial charge on any atom is -0.393 e. The summed E-state index contributed by atoms with van der Waals surface area (Å²) in [6.07, 6.45) is -1.82. The Morgan fingerprint density at radius 2 is 1.64 bits per heavy atom. The lowest BCUT2D eigenvalue weighted by Crippen LogP contribution is -2.51. The molecule has 1 aromatic rings. The first kappa shape index (κ1) is 28.9. The predicted molar refractivity (Wildman–Crippen MR) is 128 cm³/mol. The summed E-state index contributed by atoms with van der Waals surface area (Å²) in [5.41, 5.74) is 13.5. The first-order valence-corrected chi connectivity index (χ1v) is 11.7. The van der Waals surface area contributed by atoms with Gasteiger partial charge in [-0.3, -0.25) is 14.4 Å². The number of hydrogen-bond donors (Lipinski definition) is 4. The van der Waals surface area contributed by atoms with E-state index in [4.69, 9.17) is 16.2 Å². The van der Waals surface area contributed by atoms with E-state index < -0.39 is 30.1 Å². The number of nitrogens with two attached hydrogens (primary N) is 2. The summed E-state index contributed by atoms with van der Waals surface area (Å²) in [4.78, 5) is 38.0. The van der Waals surface area contributed by atoms with Gasteiger partial charge in [0.05, 0.1) is 24.7 Å². The molecule has 33 heavy (non-hydrogen) atoms. The molecule has 4 atom stereocenters. The lowest BCUT2D eigenvalue weighted by atomic mass is 9.92. The van der Waals surface area contributed by atoms with Gasteiger partial charge in [-0.15, -0.1) is 0 Å². The highest BCUT2D eigenvalue weighted by Crippen LogP contribution is 2.18. The lowest BCUT2D eigenvalue weighted by molar-refractivity contribution is -0.140. The number of rotatable bonds is 15. The number of nitrogens with one attached hydrogen (secondary N) is 1. The molecule has 0 bridgehead atoms. The van der Waals surface area contributed by atoms with Crippen molar-refractivity contribution in [3.63, 3.8) is 0 Å². The van der Waals surface area contributed by atoms with Crippen LogP contribution in [0.3, 0.4) is 0 Å². The van der Waals surface area contributed by atoms with Crippen LogP contribution >= 0.6 is 0 Å². The van der Waals surface area contributed by atoms with Crippen LogP contribution in [-0.4, -0.2) is 53.9 Å². The Bertz CT molecular complexity index is 762. The molecule has 1 aromatic carbocycles. The maximum Gasteiger partial charge on any atom is 0.226 e. The van der Waals surface area contributed by atoms with Crippen LogP contribution < -0.4 is 16.8 Å². The van der Waals surface area contributed by atoms with Gasteiger partial charge in [-0.1, -0.05) is 52.0 Å². The zero-order chi connectivity index (χ0) is 25.1. The smallest absolute Gasteiger partial charge is 0.226 e. The van der Waals surface area contributed by atoms with Crippen molar-refractivity contribution in [3.05, 3.63) is 35.4 Å². The highest BCUT2D eigenvalue weighted by molar-refractivity contribution is 5.93. The lowest BCUT2D eigenvalue weighted by Gasteiger charge is -2.25. The molecule has 0 aliphatic carbocycles. The molecule has 0 aliphatic heterocycles. The molecule has 0 saturated carbocycles. The fraction of sp³-hybridized carbons (Fsp3) is 0.640. The van der Waals surface area contributed by atoms with Crippen molar-refractivity contribution in [1.29, 1.82) is 0 Å². The Hall–Kier alpha value is -2.13. The number of carbonyl (C=O) groups is 3. The van der Waals surface area contributed by atoms with E-state index in [1.165, 1.54) is 12.5 Å². The number of ether oxygens (including phenoxy) is 1. The number of amides is 1. The highest BCUT2D eigenvalue weighted by Gasteiger charge is 2.32.